The molecule has 0 aliphatic rings. The van der Waals surface area contributed by atoms with Crippen LogP contribution in [0.4, 0.5) is 0 Å². The summed E-state index contributed by atoms with van der Waals surface area (Å²) >= 11 is 1.06. The largest absolute Gasteiger partial charge is 0.308 e. The number of rotatable bonds is 6. The van der Waals surface area contributed by atoms with Gasteiger partial charge >= 0.3 is 4.87 Å². The van der Waals surface area contributed by atoms with Crippen molar-refractivity contribution >= 4 is 31.6 Å². The lowest BCUT2D eigenvalue weighted by Gasteiger charge is -2.08. The number of thiazole rings is 1. The first-order valence-electron chi connectivity index (χ1n) is 9.15. The second kappa shape index (κ2) is 7.94. The van der Waals surface area contributed by atoms with Crippen molar-refractivity contribution < 1.29 is 8.42 Å². The van der Waals surface area contributed by atoms with Crippen LogP contribution >= 0.6 is 11.3 Å². The maximum atomic E-state index is 12.7. The molecule has 4 rings (SSSR count). The highest BCUT2D eigenvalue weighted by atomic mass is 32.2. The molecule has 7 heteroatoms. The number of nitrogens with zero attached hydrogens (tertiary/aromatic N) is 1. The van der Waals surface area contributed by atoms with Crippen molar-refractivity contribution in [1.29, 1.82) is 0 Å². The van der Waals surface area contributed by atoms with Gasteiger partial charge in [-0.25, -0.2) is 13.1 Å². The molecule has 148 valence electrons. The molecule has 29 heavy (non-hydrogen) atoms. The van der Waals surface area contributed by atoms with Crippen molar-refractivity contribution in [2.24, 2.45) is 0 Å². The summed E-state index contributed by atoms with van der Waals surface area (Å²) < 4.78 is 30.4. The monoisotopic (exact) mass is 424 g/mol. The van der Waals surface area contributed by atoms with Crippen molar-refractivity contribution in [1.82, 2.24) is 9.29 Å². The maximum absolute atomic E-state index is 12.7. The van der Waals surface area contributed by atoms with E-state index >= 15 is 0 Å². The summed E-state index contributed by atoms with van der Waals surface area (Å²) in [6.45, 7) is 2.64. The zero-order valence-corrected chi connectivity index (χ0v) is 17.5. The van der Waals surface area contributed by atoms with E-state index in [0.717, 1.165) is 33.5 Å². The van der Waals surface area contributed by atoms with Crippen LogP contribution in [-0.4, -0.2) is 13.0 Å². The zero-order valence-electron chi connectivity index (χ0n) is 15.8. The van der Waals surface area contributed by atoms with Crippen LogP contribution in [-0.2, 0) is 23.1 Å². The van der Waals surface area contributed by atoms with Crippen LogP contribution < -0.4 is 9.60 Å². The smallest absolute Gasteiger partial charge is 0.294 e. The third kappa shape index (κ3) is 4.32. The number of benzene rings is 3. The second-order valence-electron chi connectivity index (χ2n) is 6.88. The normalized spacial score (nSPS) is 11.8. The Balaban J connectivity index is 1.61. The SMILES string of the molecule is Cc1cccc(CNS(=O)(=O)c2ccc3c(c2)sc(=O)n3Cc2ccccc2)c1. The van der Waals surface area contributed by atoms with Crippen LogP contribution in [0.3, 0.4) is 0 Å². The standard InChI is InChI=1S/C22H20N2O3S2/c1-16-6-5-9-18(12-16)14-23-29(26,27)19-10-11-20-21(13-19)28-22(25)24(20)15-17-7-3-2-4-8-17/h2-13,23H,14-15H2,1H3. The van der Waals surface area contributed by atoms with Gasteiger partial charge in [0.1, 0.15) is 0 Å². The molecular weight excluding hydrogens is 404 g/mol. The Kier molecular flexibility index (Phi) is 5.36. The minimum atomic E-state index is -3.68. The molecule has 1 N–H and O–H groups in total. The van der Waals surface area contributed by atoms with Crippen molar-refractivity contribution in [3.63, 3.8) is 0 Å². The van der Waals surface area contributed by atoms with E-state index in [2.05, 4.69) is 4.72 Å². The molecule has 4 aromatic rings. The lowest BCUT2D eigenvalue weighted by molar-refractivity contribution is 0.581. The molecule has 0 amide bonds. The van der Waals surface area contributed by atoms with E-state index in [4.69, 9.17) is 0 Å². The predicted octanol–water partition coefficient (Wildman–Crippen LogP) is 3.90. The average Bonchev–Trinajstić information content (AvgIpc) is 3.02. The van der Waals surface area contributed by atoms with Gasteiger partial charge in [-0.3, -0.25) is 9.36 Å². The van der Waals surface area contributed by atoms with Crippen LogP contribution in [0.5, 0.6) is 0 Å². The second-order valence-corrected chi connectivity index (χ2v) is 9.64. The van der Waals surface area contributed by atoms with Gasteiger partial charge in [0.05, 0.1) is 21.7 Å². The molecule has 0 saturated carbocycles. The van der Waals surface area contributed by atoms with E-state index in [0.29, 0.717) is 11.2 Å². The van der Waals surface area contributed by atoms with E-state index in [1.807, 2.05) is 61.5 Å². The number of aromatic nitrogens is 1. The summed E-state index contributed by atoms with van der Waals surface area (Å²) in [6, 6.07) is 22.2. The molecule has 0 saturated heterocycles. The Hall–Kier alpha value is -2.74. The predicted molar refractivity (Wildman–Crippen MR) is 117 cm³/mol. The molecule has 0 aliphatic heterocycles. The first kappa shape index (κ1) is 19.6. The van der Waals surface area contributed by atoms with E-state index in [9.17, 15) is 13.2 Å². The molecule has 0 radical (unpaired) electrons. The summed E-state index contributed by atoms with van der Waals surface area (Å²) in [7, 11) is -3.68. The van der Waals surface area contributed by atoms with E-state index in [-0.39, 0.29) is 16.3 Å². The van der Waals surface area contributed by atoms with Crippen molar-refractivity contribution in [2.45, 2.75) is 24.9 Å². The Labute approximate surface area is 173 Å². The maximum Gasteiger partial charge on any atom is 0.308 e. The molecule has 0 aliphatic carbocycles. The minimum absolute atomic E-state index is 0.105. The van der Waals surface area contributed by atoms with Gasteiger partial charge in [-0.2, -0.15) is 0 Å². The molecule has 5 nitrogen and oxygen atoms in total. The van der Waals surface area contributed by atoms with Crippen LogP contribution in [0.25, 0.3) is 10.2 Å². The molecule has 0 bridgehead atoms. The fourth-order valence-electron chi connectivity index (χ4n) is 3.21. The van der Waals surface area contributed by atoms with E-state index in [1.165, 1.54) is 0 Å². The van der Waals surface area contributed by atoms with Crippen LogP contribution in [0.15, 0.2) is 82.5 Å². The summed E-state index contributed by atoms with van der Waals surface area (Å²) in [5.41, 5.74) is 3.73. The van der Waals surface area contributed by atoms with Gasteiger partial charge in [0.2, 0.25) is 10.0 Å². The van der Waals surface area contributed by atoms with Gasteiger partial charge in [0.25, 0.3) is 0 Å². The van der Waals surface area contributed by atoms with Crippen molar-refractivity contribution in [2.75, 3.05) is 0 Å². The molecule has 0 unspecified atom stereocenters. The van der Waals surface area contributed by atoms with Gasteiger partial charge in [0.15, 0.2) is 0 Å². The average molecular weight is 425 g/mol. The number of nitrogens with one attached hydrogen (secondary N) is 1. The topological polar surface area (TPSA) is 68.2 Å². The Morgan fingerprint density at radius 2 is 1.69 bits per heavy atom. The highest BCUT2D eigenvalue weighted by Gasteiger charge is 2.17. The summed E-state index contributed by atoms with van der Waals surface area (Å²) in [5, 5.41) is 0. The first-order valence-corrected chi connectivity index (χ1v) is 11.4. The molecular formula is C22H20N2O3S2. The fraction of sp³-hybridized carbons (Fsp3) is 0.136. The van der Waals surface area contributed by atoms with Crippen LogP contribution in [0.1, 0.15) is 16.7 Å². The Bertz CT molecular complexity index is 1320. The van der Waals surface area contributed by atoms with Gasteiger partial charge in [-0.05, 0) is 36.2 Å². The van der Waals surface area contributed by atoms with Gasteiger partial charge in [0, 0.05) is 6.54 Å². The van der Waals surface area contributed by atoms with Crippen LogP contribution in [0, 0.1) is 6.92 Å². The Morgan fingerprint density at radius 1 is 0.931 bits per heavy atom. The number of fused-ring (bicyclic) bond motifs is 1. The van der Waals surface area contributed by atoms with Gasteiger partial charge < -0.3 is 0 Å². The minimum Gasteiger partial charge on any atom is -0.294 e. The quantitative estimate of drug-likeness (QED) is 0.510. The highest BCUT2D eigenvalue weighted by molar-refractivity contribution is 7.89. The summed E-state index contributed by atoms with van der Waals surface area (Å²) in [4.78, 5) is 12.5. The van der Waals surface area contributed by atoms with E-state index < -0.39 is 10.0 Å². The summed E-state index contributed by atoms with van der Waals surface area (Å²) in [5.74, 6) is 0. The number of aryl methyl sites for hydroxylation is 1. The van der Waals surface area contributed by atoms with Gasteiger partial charge in [-0.15, -0.1) is 0 Å². The zero-order chi connectivity index (χ0) is 20.4. The van der Waals surface area contributed by atoms with Crippen molar-refractivity contribution in [3.8, 4) is 0 Å². The fourth-order valence-corrected chi connectivity index (χ4v) is 5.26. The number of sulfonamides is 1. The molecule has 0 atom stereocenters. The van der Waals surface area contributed by atoms with Crippen molar-refractivity contribution in [3.05, 3.63) is 99.2 Å². The third-order valence-corrected chi connectivity index (χ3v) is 7.02. The third-order valence-electron chi connectivity index (χ3n) is 4.68. The highest BCUT2D eigenvalue weighted by Crippen LogP contribution is 2.22. The lowest BCUT2D eigenvalue weighted by Crippen LogP contribution is -2.23. The lowest BCUT2D eigenvalue weighted by atomic mass is 10.1. The molecule has 3 aromatic carbocycles. The van der Waals surface area contributed by atoms with Crippen LogP contribution in [0.2, 0.25) is 0 Å². The molecule has 1 aromatic heterocycles. The first-order chi connectivity index (χ1) is 13.9. The Morgan fingerprint density at radius 3 is 2.45 bits per heavy atom. The summed E-state index contributed by atoms with van der Waals surface area (Å²) in [6.07, 6.45) is 0. The number of hydrogen-bond acceptors (Lipinski definition) is 4. The molecule has 1 heterocycles. The van der Waals surface area contributed by atoms with Gasteiger partial charge in [-0.1, -0.05) is 71.5 Å². The molecule has 0 fully saturated rings. The number of hydrogen-bond donors (Lipinski definition) is 1. The molecule has 0 spiro atoms. The van der Waals surface area contributed by atoms with E-state index in [1.54, 1.807) is 22.8 Å².